The fourth-order valence-corrected chi connectivity index (χ4v) is 1.33. The van der Waals surface area contributed by atoms with Gasteiger partial charge in [0, 0.05) is 17.7 Å². The van der Waals surface area contributed by atoms with E-state index >= 15 is 0 Å². The van der Waals surface area contributed by atoms with Gasteiger partial charge in [0.25, 0.3) is 5.69 Å². The molecular weight excluding hydrogens is 236 g/mol. The number of nitro benzene ring substituents is 1. The molecule has 0 spiro atoms. The Morgan fingerprint density at radius 2 is 1.89 bits per heavy atom. The number of nitrogens with two attached hydrogens (primary N) is 1. The molecular formula is C11H12N4O3. The predicted octanol–water partition coefficient (Wildman–Crippen LogP) is 1.84. The van der Waals surface area contributed by atoms with Crippen LogP contribution in [0.25, 0.3) is 11.5 Å². The first kappa shape index (κ1) is 12.2. The van der Waals surface area contributed by atoms with Crippen molar-refractivity contribution >= 4 is 5.69 Å². The van der Waals surface area contributed by atoms with E-state index in [-0.39, 0.29) is 5.69 Å². The maximum atomic E-state index is 10.5. The Morgan fingerprint density at radius 1 is 1.28 bits per heavy atom. The largest absolute Gasteiger partial charge is 0.419 e. The molecule has 0 unspecified atom stereocenters. The predicted molar refractivity (Wildman–Crippen MR) is 63.6 cm³/mol. The van der Waals surface area contributed by atoms with Gasteiger partial charge in [0.2, 0.25) is 11.8 Å². The van der Waals surface area contributed by atoms with E-state index in [2.05, 4.69) is 10.2 Å². The van der Waals surface area contributed by atoms with Crippen LogP contribution < -0.4 is 5.73 Å². The highest BCUT2D eigenvalue weighted by Crippen LogP contribution is 2.24. The van der Waals surface area contributed by atoms with E-state index in [1.165, 1.54) is 12.1 Å². The average Bonchev–Trinajstić information content (AvgIpc) is 2.78. The van der Waals surface area contributed by atoms with Crippen LogP contribution in [0.1, 0.15) is 19.7 Å². The van der Waals surface area contributed by atoms with Crippen molar-refractivity contribution in [2.24, 2.45) is 5.73 Å². The molecule has 1 aromatic carbocycles. The Labute approximate surface area is 103 Å². The highest BCUT2D eigenvalue weighted by molar-refractivity contribution is 5.55. The van der Waals surface area contributed by atoms with Crippen molar-refractivity contribution in [3.8, 4) is 11.5 Å². The van der Waals surface area contributed by atoms with Crippen LogP contribution in [0, 0.1) is 10.1 Å². The summed E-state index contributed by atoms with van der Waals surface area (Å²) in [5.74, 6) is 0.606. The SMILES string of the molecule is CC(C)(N)c1nnc(-c2ccc([N+](=O)[O-])cc2)o1. The number of hydrogen-bond donors (Lipinski definition) is 1. The van der Waals surface area contributed by atoms with Crippen molar-refractivity contribution < 1.29 is 9.34 Å². The van der Waals surface area contributed by atoms with Gasteiger partial charge in [0.05, 0.1) is 10.5 Å². The lowest BCUT2D eigenvalue weighted by atomic mass is 10.1. The first-order valence-electron chi connectivity index (χ1n) is 5.25. The lowest BCUT2D eigenvalue weighted by Crippen LogP contribution is -2.29. The van der Waals surface area contributed by atoms with E-state index in [0.717, 1.165) is 0 Å². The molecule has 2 aromatic rings. The fourth-order valence-electron chi connectivity index (χ4n) is 1.33. The summed E-state index contributed by atoms with van der Waals surface area (Å²) < 4.78 is 5.42. The van der Waals surface area contributed by atoms with Crippen molar-refractivity contribution in [2.45, 2.75) is 19.4 Å². The van der Waals surface area contributed by atoms with Crippen LogP contribution in [0.3, 0.4) is 0 Å². The third kappa shape index (κ3) is 2.35. The summed E-state index contributed by atoms with van der Waals surface area (Å²) in [6.07, 6.45) is 0. The summed E-state index contributed by atoms with van der Waals surface area (Å²) >= 11 is 0. The minimum Gasteiger partial charge on any atom is -0.419 e. The lowest BCUT2D eigenvalue weighted by molar-refractivity contribution is -0.384. The molecule has 0 saturated carbocycles. The van der Waals surface area contributed by atoms with Crippen molar-refractivity contribution in [1.29, 1.82) is 0 Å². The summed E-state index contributed by atoms with van der Waals surface area (Å²) in [5.41, 5.74) is 5.74. The van der Waals surface area contributed by atoms with Gasteiger partial charge in [-0.1, -0.05) is 0 Å². The van der Waals surface area contributed by atoms with Crippen molar-refractivity contribution in [3.05, 3.63) is 40.3 Å². The van der Waals surface area contributed by atoms with Crippen LogP contribution in [-0.4, -0.2) is 15.1 Å². The molecule has 0 aliphatic heterocycles. The average molecular weight is 248 g/mol. The van der Waals surface area contributed by atoms with Gasteiger partial charge in [0.1, 0.15) is 0 Å². The second kappa shape index (κ2) is 4.19. The number of hydrogen-bond acceptors (Lipinski definition) is 6. The molecule has 7 nitrogen and oxygen atoms in total. The molecule has 0 saturated heterocycles. The normalized spacial score (nSPS) is 11.5. The Bertz CT molecular complexity index is 569. The highest BCUT2D eigenvalue weighted by Gasteiger charge is 2.22. The smallest absolute Gasteiger partial charge is 0.269 e. The van der Waals surface area contributed by atoms with E-state index < -0.39 is 10.5 Å². The third-order valence-corrected chi connectivity index (χ3v) is 2.30. The van der Waals surface area contributed by atoms with Crippen LogP contribution >= 0.6 is 0 Å². The van der Waals surface area contributed by atoms with Crippen LogP contribution in [0.2, 0.25) is 0 Å². The fraction of sp³-hybridized carbons (Fsp3) is 0.273. The lowest BCUT2D eigenvalue weighted by Gasteiger charge is -2.11. The number of non-ortho nitro benzene ring substituents is 1. The van der Waals surface area contributed by atoms with Crippen LogP contribution in [0.15, 0.2) is 28.7 Å². The second-order valence-electron chi connectivity index (χ2n) is 4.44. The number of nitro groups is 1. The summed E-state index contributed by atoms with van der Waals surface area (Å²) in [5, 5.41) is 18.2. The third-order valence-electron chi connectivity index (χ3n) is 2.30. The van der Waals surface area contributed by atoms with Gasteiger partial charge in [-0.3, -0.25) is 10.1 Å². The number of aromatic nitrogens is 2. The van der Waals surface area contributed by atoms with Gasteiger partial charge >= 0.3 is 0 Å². The summed E-state index contributed by atoms with van der Waals surface area (Å²) in [6.45, 7) is 3.50. The molecule has 18 heavy (non-hydrogen) atoms. The van der Waals surface area contributed by atoms with Gasteiger partial charge in [-0.2, -0.15) is 0 Å². The molecule has 1 heterocycles. The standard InChI is InChI=1S/C11H12N4O3/c1-11(2,12)10-14-13-9(18-10)7-3-5-8(6-4-7)15(16)17/h3-6H,12H2,1-2H3. The highest BCUT2D eigenvalue weighted by atomic mass is 16.6. The topological polar surface area (TPSA) is 108 Å². The van der Waals surface area contributed by atoms with E-state index in [1.54, 1.807) is 26.0 Å². The zero-order valence-electron chi connectivity index (χ0n) is 9.95. The second-order valence-corrected chi connectivity index (χ2v) is 4.44. The zero-order valence-corrected chi connectivity index (χ0v) is 9.95. The number of benzene rings is 1. The quantitative estimate of drug-likeness (QED) is 0.655. The molecule has 0 amide bonds. The number of rotatable bonds is 3. The van der Waals surface area contributed by atoms with Crippen LogP contribution in [0.5, 0.6) is 0 Å². The maximum absolute atomic E-state index is 10.5. The van der Waals surface area contributed by atoms with E-state index in [9.17, 15) is 10.1 Å². The molecule has 0 bridgehead atoms. The van der Waals surface area contributed by atoms with Gasteiger partial charge in [-0.15, -0.1) is 10.2 Å². The maximum Gasteiger partial charge on any atom is 0.269 e. The number of nitrogens with zero attached hydrogens (tertiary/aromatic N) is 3. The molecule has 0 radical (unpaired) electrons. The molecule has 1 aromatic heterocycles. The van der Waals surface area contributed by atoms with Crippen molar-refractivity contribution in [1.82, 2.24) is 10.2 Å². The molecule has 0 fully saturated rings. The molecule has 0 aliphatic carbocycles. The monoisotopic (exact) mass is 248 g/mol. The first-order chi connectivity index (χ1) is 8.38. The van der Waals surface area contributed by atoms with Crippen molar-refractivity contribution in [3.63, 3.8) is 0 Å². The van der Waals surface area contributed by atoms with E-state index in [0.29, 0.717) is 17.3 Å². The Morgan fingerprint density at radius 3 is 2.33 bits per heavy atom. The summed E-state index contributed by atoms with van der Waals surface area (Å²) in [6, 6.07) is 5.87. The first-order valence-corrected chi connectivity index (χ1v) is 5.25. The van der Waals surface area contributed by atoms with Crippen LogP contribution in [-0.2, 0) is 5.54 Å². The Balaban J connectivity index is 2.32. The zero-order chi connectivity index (χ0) is 13.3. The Hall–Kier alpha value is -2.28. The molecule has 2 N–H and O–H groups in total. The molecule has 94 valence electrons. The Kier molecular flexibility index (Phi) is 2.84. The van der Waals surface area contributed by atoms with Crippen LogP contribution in [0.4, 0.5) is 5.69 Å². The minimum absolute atomic E-state index is 0.0117. The van der Waals surface area contributed by atoms with Crippen molar-refractivity contribution in [2.75, 3.05) is 0 Å². The van der Waals surface area contributed by atoms with E-state index in [4.69, 9.17) is 10.2 Å². The molecule has 0 atom stereocenters. The van der Waals surface area contributed by atoms with Gasteiger partial charge in [-0.05, 0) is 26.0 Å². The van der Waals surface area contributed by atoms with E-state index in [1.807, 2.05) is 0 Å². The van der Waals surface area contributed by atoms with Gasteiger partial charge in [0.15, 0.2) is 0 Å². The minimum atomic E-state index is -0.716. The molecule has 7 heteroatoms. The van der Waals surface area contributed by atoms with Gasteiger partial charge < -0.3 is 10.2 Å². The molecule has 0 aliphatic rings. The summed E-state index contributed by atoms with van der Waals surface area (Å²) in [4.78, 5) is 10.1. The summed E-state index contributed by atoms with van der Waals surface area (Å²) in [7, 11) is 0. The molecule has 2 rings (SSSR count). The van der Waals surface area contributed by atoms with Gasteiger partial charge in [-0.25, -0.2) is 0 Å².